The Bertz CT molecular complexity index is 560. The lowest BCUT2D eigenvalue weighted by molar-refractivity contribution is 0.397. The summed E-state index contributed by atoms with van der Waals surface area (Å²) in [5.41, 5.74) is 7.48. The zero-order chi connectivity index (χ0) is 13.8. The lowest BCUT2D eigenvalue weighted by Gasteiger charge is -2.13. The first kappa shape index (κ1) is 14.0. The van der Waals surface area contributed by atoms with Crippen molar-refractivity contribution < 1.29 is 9.13 Å². The fourth-order valence-corrected chi connectivity index (χ4v) is 2.20. The number of rotatable bonds is 4. The van der Waals surface area contributed by atoms with Gasteiger partial charge in [-0.25, -0.2) is 9.37 Å². The van der Waals surface area contributed by atoms with Gasteiger partial charge in [0.05, 0.1) is 11.6 Å². The molecule has 0 radical (unpaired) electrons. The summed E-state index contributed by atoms with van der Waals surface area (Å²) in [5.74, 6) is 0.238. The molecule has 1 aromatic heterocycles. The fourth-order valence-electron chi connectivity index (χ4n) is 1.82. The van der Waals surface area contributed by atoms with E-state index < -0.39 is 6.04 Å². The third kappa shape index (κ3) is 3.30. The summed E-state index contributed by atoms with van der Waals surface area (Å²) in [6.45, 7) is 0. The summed E-state index contributed by atoms with van der Waals surface area (Å²) in [5, 5.41) is 0. The van der Waals surface area contributed by atoms with Crippen LogP contribution in [0.1, 0.15) is 17.2 Å². The smallest absolute Gasteiger partial charge is 0.212 e. The second-order valence-electron chi connectivity index (χ2n) is 4.16. The molecule has 5 heteroatoms. The summed E-state index contributed by atoms with van der Waals surface area (Å²) in [6.07, 6.45) is 2.21. The van der Waals surface area contributed by atoms with Crippen LogP contribution in [0.2, 0.25) is 0 Å². The van der Waals surface area contributed by atoms with Crippen LogP contribution in [0.25, 0.3) is 0 Å². The SMILES string of the molecule is COc1ccc(CC(N)c2cccc(Br)c2F)cn1. The van der Waals surface area contributed by atoms with Gasteiger partial charge in [0.25, 0.3) is 0 Å². The van der Waals surface area contributed by atoms with E-state index in [1.54, 1.807) is 37.6 Å². The number of aromatic nitrogens is 1. The maximum absolute atomic E-state index is 13.9. The Morgan fingerprint density at radius 3 is 2.79 bits per heavy atom. The normalized spacial score (nSPS) is 12.2. The van der Waals surface area contributed by atoms with Gasteiger partial charge in [-0.05, 0) is 34.0 Å². The average molecular weight is 325 g/mol. The highest BCUT2D eigenvalue weighted by atomic mass is 79.9. The highest BCUT2D eigenvalue weighted by Gasteiger charge is 2.14. The van der Waals surface area contributed by atoms with Crippen LogP contribution in [0, 0.1) is 5.82 Å². The molecule has 0 saturated carbocycles. The van der Waals surface area contributed by atoms with Crippen LogP contribution in [-0.2, 0) is 6.42 Å². The van der Waals surface area contributed by atoms with E-state index in [0.29, 0.717) is 22.3 Å². The number of hydrogen-bond acceptors (Lipinski definition) is 3. The Hall–Kier alpha value is -1.46. The van der Waals surface area contributed by atoms with Crippen molar-refractivity contribution in [2.75, 3.05) is 7.11 Å². The molecule has 3 nitrogen and oxygen atoms in total. The predicted molar refractivity (Wildman–Crippen MR) is 75.5 cm³/mol. The van der Waals surface area contributed by atoms with Crippen molar-refractivity contribution in [2.45, 2.75) is 12.5 Å². The zero-order valence-electron chi connectivity index (χ0n) is 10.4. The summed E-state index contributed by atoms with van der Waals surface area (Å²) in [7, 11) is 1.56. The summed E-state index contributed by atoms with van der Waals surface area (Å²) < 4.78 is 19.3. The van der Waals surface area contributed by atoms with Crippen molar-refractivity contribution in [2.24, 2.45) is 5.73 Å². The van der Waals surface area contributed by atoms with Crippen LogP contribution in [0.5, 0.6) is 5.88 Å². The molecule has 0 bridgehead atoms. The van der Waals surface area contributed by atoms with E-state index in [9.17, 15) is 4.39 Å². The van der Waals surface area contributed by atoms with E-state index in [1.165, 1.54) is 0 Å². The number of pyridine rings is 1. The van der Waals surface area contributed by atoms with Crippen LogP contribution < -0.4 is 10.5 Å². The number of nitrogens with zero attached hydrogens (tertiary/aromatic N) is 1. The Labute approximate surface area is 119 Å². The van der Waals surface area contributed by atoms with E-state index in [-0.39, 0.29) is 5.82 Å². The van der Waals surface area contributed by atoms with Gasteiger partial charge in [-0.15, -0.1) is 0 Å². The predicted octanol–water partition coefficient (Wildman–Crippen LogP) is 3.23. The number of ether oxygens (including phenoxy) is 1. The minimum Gasteiger partial charge on any atom is -0.481 e. The van der Waals surface area contributed by atoms with Crippen molar-refractivity contribution >= 4 is 15.9 Å². The second-order valence-corrected chi connectivity index (χ2v) is 5.02. The van der Waals surface area contributed by atoms with Gasteiger partial charge in [-0.3, -0.25) is 0 Å². The van der Waals surface area contributed by atoms with Crippen molar-refractivity contribution in [3.63, 3.8) is 0 Å². The maximum Gasteiger partial charge on any atom is 0.212 e. The molecule has 1 atom stereocenters. The van der Waals surface area contributed by atoms with Gasteiger partial charge < -0.3 is 10.5 Å². The molecule has 1 aromatic carbocycles. The van der Waals surface area contributed by atoms with E-state index in [2.05, 4.69) is 20.9 Å². The van der Waals surface area contributed by atoms with Crippen LogP contribution in [0.4, 0.5) is 4.39 Å². The Morgan fingerprint density at radius 1 is 1.37 bits per heavy atom. The molecule has 0 spiro atoms. The summed E-state index contributed by atoms with van der Waals surface area (Å²) in [6, 6.07) is 8.35. The molecule has 2 rings (SSSR count). The van der Waals surface area contributed by atoms with Gasteiger partial charge in [0, 0.05) is 23.9 Å². The van der Waals surface area contributed by atoms with Gasteiger partial charge in [0.2, 0.25) is 5.88 Å². The summed E-state index contributed by atoms with van der Waals surface area (Å²) >= 11 is 3.16. The zero-order valence-corrected chi connectivity index (χ0v) is 12.0. The van der Waals surface area contributed by atoms with Crippen LogP contribution in [0.15, 0.2) is 41.0 Å². The molecule has 1 unspecified atom stereocenters. The number of methoxy groups -OCH3 is 1. The second kappa shape index (κ2) is 6.12. The fraction of sp³-hybridized carbons (Fsp3) is 0.214. The molecule has 2 N–H and O–H groups in total. The standard InChI is InChI=1S/C14H14BrFN2O/c1-19-13-6-5-9(8-18-13)7-12(17)10-3-2-4-11(15)14(10)16/h2-6,8,12H,7,17H2,1H3. The van der Waals surface area contributed by atoms with E-state index >= 15 is 0 Å². The number of nitrogens with two attached hydrogens (primary N) is 1. The van der Waals surface area contributed by atoms with Crippen molar-refractivity contribution in [3.05, 3.63) is 57.9 Å². The van der Waals surface area contributed by atoms with Gasteiger partial charge in [-0.2, -0.15) is 0 Å². The molecule has 0 saturated heterocycles. The first-order chi connectivity index (χ1) is 9.11. The van der Waals surface area contributed by atoms with Gasteiger partial charge >= 0.3 is 0 Å². The van der Waals surface area contributed by atoms with E-state index in [0.717, 1.165) is 5.56 Å². The molecule has 2 aromatic rings. The van der Waals surface area contributed by atoms with Crippen LogP contribution in [-0.4, -0.2) is 12.1 Å². The highest BCUT2D eigenvalue weighted by molar-refractivity contribution is 9.10. The quantitative estimate of drug-likeness (QED) is 0.939. The molecule has 0 amide bonds. The van der Waals surface area contributed by atoms with Crippen LogP contribution in [0.3, 0.4) is 0 Å². The van der Waals surface area contributed by atoms with Crippen molar-refractivity contribution in [1.29, 1.82) is 0 Å². The number of hydrogen-bond donors (Lipinski definition) is 1. The molecule has 0 aliphatic rings. The monoisotopic (exact) mass is 324 g/mol. The Morgan fingerprint density at radius 2 is 2.16 bits per heavy atom. The van der Waals surface area contributed by atoms with Gasteiger partial charge in [0.15, 0.2) is 0 Å². The van der Waals surface area contributed by atoms with E-state index in [1.807, 2.05) is 6.07 Å². The molecular formula is C14H14BrFN2O. The van der Waals surface area contributed by atoms with Gasteiger partial charge in [-0.1, -0.05) is 18.2 Å². The molecule has 19 heavy (non-hydrogen) atoms. The molecule has 0 aliphatic heterocycles. The first-order valence-corrected chi connectivity index (χ1v) is 6.59. The topological polar surface area (TPSA) is 48.1 Å². The molecule has 1 heterocycles. The van der Waals surface area contributed by atoms with Crippen molar-refractivity contribution in [1.82, 2.24) is 4.98 Å². The third-order valence-electron chi connectivity index (χ3n) is 2.84. The molecular weight excluding hydrogens is 311 g/mol. The van der Waals surface area contributed by atoms with Crippen LogP contribution >= 0.6 is 15.9 Å². The minimum absolute atomic E-state index is 0.309. The Balaban J connectivity index is 2.15. The number of halogens is 2. The Kier molecular flexibility index (Phi) is 4.50. The lowest BCUT2D eigenvalue weighted by atomic mass is 10.0. The molecule has 0 aliphatic carbocycles. The van der Waals surface area contributed by atoms with E-state index in [4.69, 9.17) is 10.5 Å². The molecule has 0 fully saturated rings. The van der Waals surface area contributed by atoms with Crippen molar-refractivity contribution in [3.8, 4) is 5.88 Å². The molecule has 100 valence electrons. The largest absolute Gasteiger partial charge is 0.481 e. The van der Waals surface area contributed by atoms with Gasteiger partial charge in [0.1, 0.15) is 5.82 Å². The lowest BCUT2D eigenvalue weighted by Crippen LogP contribution is -2.15. The first-order valence-electron chi connectivity index (χ1n) is 5.80. The average Bonchev–Trinajstić information content (AvgIpc) is 2.42. The maximum atomic E-state index is 13.9. The summed E-state index contributed by atoms with van der Waals surface area (Å²) in [4.78, 5) is 4.10. The highest BCUT2D eigenvalue weighted by Crippen LogP contribution is 2.24. The minimum atomic E-state index is -0.410. The third-order valence-corrected chi connectivity index (χ3v) is 3.46. The number of benzene rings is 1.